The van der Waals surface area contributed by atoms with Gasteiger partial charge in [-0.15, -0.1) is 0 Å². The normalized spacial score (nSPS) is 11.3. The molecular weight excluding hydrogens is 231 g/mol. The Bertz CT molecular complexity index is 739. The first-order valence-electron chi connectivity index (χ1n) is 5.64. The summed E-state index contributed by atoms with van der Waals surface area (Å²) in [4.78, 5) is 0. The number of nitrogens with zero attached hydrogens (tertiary/aromatic N) is 2. The van der Waals surface area contributed by atoms with E-state index in [2.05, 4.69) is 10.2 Å². The number of nitrogen functional groups attached to an aromatic ring is 1. The molecule has 0 aliphatic rings. The largest absolute Gasteiger partial charge is 0.382 e. The van der Waals surface area contributed by atoms with Crippen LogP contribution in [-0.4, -0.2) is 14.8 Å². The number of rotatable bonds is 1. The lowest BCUT2D eigenvalue weighted by atomic mass is 10.1. The Morgan fingerprint density at radius 2 is 2.17 bits per heavy atom. The Kier molecular flexibility index (Phi) is 2.16. The predicted molar refractivity (Wildman–Crippen MR) is 69.6 cm³/mol. The number of halogens is 1. The number of hydrogen-bond donors (Lipinski definition) is 2. The summed E-state index contributed by atoms with van der Waals surface area (Å²) in [5, 5.41) is 7.66. The van der Waals surface area contributed by atoms with Crippen LogP contribution in [0.4, 0.5) is 10.2 Å². The van der Waals surface area contributed by atoms with Crippen LogP contribution in [0.25, 0.3) is 22.2 Å². The number of anilines is 1. The molecule has 0 radical (unpaired) electrons. The molecule has 1 aromatic carbocycles. The average Bonchev–Trinajstić information content (AvgIpc) is 2.84. The number of aromatic nitrogens is 3. The first-order valence-corrected chi connectivity index (χ1v) is 5.64. The van der Waals surface area contributed by atoms with E-state index in [1.807, 2.05) is 24.6 Å². The van der Waals surface area contributed by atoms with Crippen LogP contribution >= 0.6 is 0 Å². The Hall–Kier alpha value is -2.30. The SMILES string of the molecule is Cc1c(-c2cc(N)n[nH]2)c2cccc(F)c2n1C. The summed E-state index contributed by atoms with van der Waals surface area (Å²) >= 11 is 0. The fraction of sp³-hybridized carbons (Fsp3) is 0.154. The highest BCUT2D eigenvalue weighted by Gasteiger charge is 2.17. The van der Waals surface area contributed by atoms with Gasteiger partial charge in [-0.05, 0) is 13.0 Å². The third-order valence-corrected chi connectivity index (χ3v) is 3.32. The highest BCUT2D eigenvalue weighted by Crippen LogP contribution is 2.34. The number of nitrogens with two attached hydrogens (primary N) is 1. The number of aromatic amines is 1. The summed E-state index contributed by atoms with van der Waals surface area (Å²) in [7, 11) is 1.85. The van der Waals surface area contributed by atoms with Crippen LogP contribution in [0.2, 0.25) is 0 Å². The number of fused-ring (bicyclic) bond motifs is 1. The first-order chi connectivity index (χ1) is 8.59. The van der Waals surface area contributed by atoms with E-state index in [9.17, 15) is 4.39 Å². The molecule has 0 fully saturated rings. The zero-order valence-corrected chi connectivity index (χ0v) is 10.2. The molecule has 0 amide bonds. The Morgan fingerprint density at radius 3 is 2.83 bits per heavy atom. The molecule has 2 aromatic heterocycles. The van der Waals surface area contributed by atoms with Gasteiger partial charge in [0.25, 0.3) is 0 Å². The lowest BCUT2D eigenvalue weighted by Crippen LogP contribution is -1.92. The van der Waals surface area contributed by atoms with Crippen LogP contribution < -0.4 is 5.73 Å². The molecule has 0 saturated heterocycles. The van der Waals surface area contributed by atoms with Gasteiger partial charge >= 0.3 is 0 Å². The van der Waals surface area contributed by atoms with Crippen molar-refractivity contribution in [2.75, 3.05) is 5.73 Å². The Morgan fingerprint density at radius 1 is 1.39 bits per heavy atom. The molecule has 2 heterocycles. The summed E-state index contributed by atoms with van der Waals surface area (Å²) in [6, 6.07) is 6.83. The lowest BCUT2D eigenvalue weighted by Gasteiger charge is -1.99. The van der Waals surface area contributed by atoms with Crippen molar-refractivity contribution >= 4 is 16.7 Å². The van der Waals surface area contributed by atoms with Crippen LogP contribution in [0.15, 0.2) is 24.3 Å². The van der Waals surface area contributed by atoms with Gasteiger partial charge in [0.05, 0.1) is 11.2 Å². The highest BCUT2D eigenvalue weighted by atomic mass is 19.1. The van der Waals surface area contributed by atoms with Crippen molar-refractivity contribution < 1.29 is 4.39 Å². The second kappa shape index (κ2) is 3.60. The van der Waals surface area contributed by atoms with Crippen LogP contribution in [0.1, 0.15) is 5.69 Å². The van der Waals surface area contributed by atoms with Crippen LogP contribution in [0.5, 0.6) is 0 Å². The predicted octanol–water partition coefficient (Wildman–Crippen LogP) is 2.60. The minimum absolute atomic E-state index is 0.225. The zero-order chi connectivity index (χ0) is 12.9. The maximum Gasteiger partial charge on any atom is 0.147 e. The second-order valence-electron chi connectivity index (χ2n) is 4.36. The Balaban J connectivity index is 2.43. The summed E-state index contributed by atoms with van der Waals surface area (Å²) in [6.45, 7) is 1.95. The fourth-order valence-electron chi connectivity index (χ4n) is 2.39. The number of nitrogens with one attached hydrogen (secondary N) is 1. The van der Waals surface area contributed by atoms with Crippen molar-refractivity contribution in [3.8, 4) is 11.3 Å². The molecule has 3 aromatic rings. The monoisotopic (exact) mass is 244 g/mol. The van der Waals surface area contributed by atoms with E-state index in [1.165, 1.54) is 6.07 Å². The van der Waals surface area contributed by atoms with E-state index >= 15 is 0 Å². The highest BCUT2D eigenvalue weighted by molar-refractivity contribution is 5.97. The summed E-state index contributed by atoms with van der Waals surface area (Å²) in [5.74, 6) is 0.203. The molecule has 4 nitrogen and oxygen atoms in total. The zero-order valence-electron chi connectivity index (χ0n) is 10.2. The molecule has 3 rings (SSSR count). The molecule has 0 aliphatic carbocycles. The van der Waals surface area contributed by atoms with E-state index < -0.39 is 0 Å². The standard InChI is InChI=1S/C13H13FN4/c1-7-12(10-6-11(15)17-16-10)8-4-3-5-9(14)13(8)18(7)2/h3-6H,1-2H3,(H3,15,16,17). The molecule has 0 spiro atoms. The van der Waals surface area contributed by atoms with Gasteiger partial charge in [0.1, 0.15) is 11.6 Å². The number of H-pyrrole nitrogens is 1. The van der Waals surface area contributed by atoms with E-state index in [1.54, 1.807) is 12.1 Å². The van der Waals surface area contributed by atoms with Gasteiger partial charge in [0.2, 0.25) is 0 Å². The van der Waals surface area contributed by atoms with Crippen LogP contribution in [0, 0.1) is 12.7 Å². The second-order valence-corrected chi connectivity index (χ2v) is 4.36. The molecule has 0 unspecified atom stereocenters. The molecule has 92 valence electrons. The minimum atomic E-state index is -0.225. The van der Waals surface area contributed by atoms with Crippen molar-refractivity contribution in [1.29, 1.82) is 0 Å². The molecule has 5 heteroatoms. The summed E-state index contributed by atoms with van der Waals surface area (Å²) < 4.78 is 15.7. The molecule has 18 heavy (non-hydrogen) atoms. The van der Waals surface area contributed by atoms with E-state index in [4.69, 9.17) is 5.73 Å². The van der Waals surface area contributed by atoms with E-state index in [-0.39, 0.29) is 5.82 Å². The van der Waals surface area contributed by atoms with E-state index in [0.717, 1.165) is 22.3 Å². The van der Waals surface area contributed by atoms with Gasteiger partial charge < -0.3 is 10.3 Å². The van der Waals surface area contributed by atoms with Gasteiger partial charge in [0.15, 0.2) is 0 Å². The summed E-state index contributed by atoms with van der Waals surface area (Å²) in [6.07, 6.45) is 0. The van der Waals surface area contributed by atoms with Crippen molar-refractivity contribution in [2.45, 2.75) is 6.92 Å². The van der Waals surface area contributed by atoms with Crippen LogP contribution in [-0.2, 0) is 7.05 Å². The van der Waals surface area contributed by atoms with E-state index in [0.29, 0.717) is 11.3 Å². The topological polar surface area (TPSA) is 59.6 Å². The van der Waals surface area contributed by atoms with Crippen molar-refractivity contribution in [3.05, 3.63) is 35.8 Å². The maximum absolute atomic E-state index is 13.9. The fourth-order valence-corrected chi connectivity index (χ4v) is 2.39. The van der Waals surface area contributed by atoms with Crippen LogP contribution in [0.3, 0.4) is 0 Å². The average molecular weight is 244 g/mol. The molecule has 0 saturated carbocycles. The van der Waals surface area contributed by atoms with Gasteiger partial charge in [0, 0.05) is 29.8 Å². The maximum atomic E-state index is 13.9. The van der Waals surface area contributed by atoms with Crippen molar-refractivity contribution in [2.24, 2.45) is 7.05 Å². The molecule has 0 atom stereocenters. The van der Waals surface area contributed by atoms with Crippen molar-refractivity contribution in [3.63, 3.8) is 0 Å². The lowest BCUT2D eigenvalue weighted by molar-refractivity contribution is 0.631. The molecule has 3 N–H and O–H groups in total. The molecular formula is C13H13FN4. The quantitative estimate of drug-likeness (QED) is 0.691. The third-order valence-electron chi connectivity index (χ3n) is 3.32. The third kappa shape index (κ3) is 1.33. The summed E-state index contributed by atoms with van der Waals surface area (Å²) in [5.41, 5.74) is 8.94. The van der Waals surface area contributed by atoms with Gasteiger partial charge in [-0.2, -0.15) is 5.10 Å². The smallest absolute Gasteiger partial charge is 0.147 e. The minimum Gasteiger partial charge on any atom is -0.382 e. The number of hydrogen-bond acceptors (Lipinski definition) is 2. The van der Waals surface area contributed by atoms with Gasteiger partial charge in [-0.1, -0.05) is 12.1 Å². The van der Waals surface area contributed by atoms with Gasteiger partial charge in [-0.3, -0.25) is 5.10 Å². The number of para-hydroxylation sites is 1. The Labute approximate surface area is 103 Å². The molecule has 0 bridgehead atoms. The van der Waals surface area contributed by atoms with Crippen molar-refractivity contribution in [1.82, 2.24) is 14.8 Å². The van der Waals surface area contributed by atoms with Gasteiger partial charge in [-0.25, -0.2) is 4.39 Å². The first kappa shape index (κ1) is 10.8. The number of benzene rings is 1. The molecule has 0 aliphatic heterocycles. The number of aryl methyl sites for hydroxylation is 1.